The van der Waals surface area contributed by atoms with Crippen LogP contribution in [-0.4, -0.2) is 53.5 Å². The van der Waals surface area contributed by atoms with Crippen molar-refractivity contribution in [3.63, 3.8) is 0 Å². The molecule has 1 saturated heterocycles. The number of anilines is 1. The molecule has 126 valence electrons. The van der Waals surface area contributed by atoms with E-state index in [1.165, 1.54) is 0 Å². The van der Waals surface area contributed by atoms with E-state index in [0.29, 0.717) is 42.2 Å². The minimum atomic E-state index is -0.542. The second-order valence-corrected chi connectivity index (χ2v) is 7.34. The highest BCUT2D eigenvalue weighted by atomic mass is 79.9. The number of pyridine rings is 1. The van der Waals surface area contributed by atoms with Gasteiger partial charge in [0.1, 0.15) is 16.0 Å². The summed E-state index contributed by atoms with van der Waals surface area (Å²) in [6.45, 7) is 9.78. The molecule has 0 aliphatic carbocycles. The van der Waals surface area contributed by atoms with Crippen LogP contribution < -0.4 is 4.90 Å². The normalized spacial score (nSPS) is 15.5. The molecule has 1 aliphatic rings. The average molecular weight is 384 g/mol. The number of rotatable bonds is 2. The van der Waals surface area contributed by atoms with E-state index in [1.807, 2.05) is 25.7 Å². The topological polar surface area (TPSA) is 62.7 Å². The Morgan fingerprint density at radius 1 is 1.17 bits per heavy atom. The van der Waals surface area contributed by atoms with Crippen molar-refractivity contribution in [2.45, 2.75) is 33.3 Å². The van der Waals surface area contributed by atoms with Gasteiger partial charge in [-0.05, 0) is 48.8 Å². The van der Waals surface area contributed by atoms with E-state index >= 15 is 0 Å². The molecule has 1 aromatic rings. The molecule has 0 spiro atoms. The smallest absolute Gasteiger partial charge is 0.338 e. The van der Waals surface area contributed by atoms with Gasteiger partial charge in [-0.3, -0.25) is 4.79 Å². The summed E-state index contributed by atoms with van der Waals surface area (Å²) in [5.41, 5.74) is -0.0779. The number of piperazine rings is 1. The summed E-state index contributed by atoms with van der Waals surface area (Å²) in [6, 6.07) is 3.39. The molecule has 2 heterocycles. The molecule has 0 atom stereocenters. The summed E-state index contributed by atoms with van der Waals surface area (Å²) in [6.07, 6.45) is 0. The first kappa shape index (κ1) is 17.7. The first-order valence-electron chi connectivity index (χ1n) is 7.57. The third kappa shape index (κ3) is 4.92. The minimum Gasteiger partial charge on any atom is -0.456 e. The lowest BCUT2D eigenvalue weighted by Gasteiger charge is -2.35. The van der Waals surface area contributed by atoms with Crippen LogP contribution in [0.5, 0.6) is 0 Å². The largest absolute Gasteiger partial charge is 0.456 e. The summed E-state index contributed by atoms with van der Waals surface area (Å²) >= 11 is 3.35. The Balaban J connectivity index is 2.15. The van der Waals surface area contributed by atoms with Crippen molar-refractivity contribution >= 4 is 33.6 Å². The Morgan fingerprint density at radius 2 is 1.78 bits per heavy atom. The molecule has 2 rings (SSSR count). The molecule has 0 aromatic carbocycles. The van der Waals surface area contributed by atoms with Crippen LogP contribution in [0.4, 0.5) is 5.82 Å². The van der Waals surface area contributed by atoms with Crippen molar-refractivity contribution < 1.29 is 14.3 Å². The number of hydrogen-bond acceptors (Lipinski definition) is 5. The first-order valence-corrected chi connectivity index (χ1v) is 8.36. The van der Waals surface area contributed by atoms with Crippen LogP contribution in [0.3, 0.4) is 0 Å². The van der Waals surface area contributed by atoms with Crippen LogP contribution in [0.25, 0.3) is 0 Å². The Hall–Kier alpha value is -1.63. The van der Waals surface area contributed by atoms with Crippen LogP contribution in [0.1, 0.15) is 38.1 Å². The summed E-state index contributed by atoms with van der Waals surface area (Å²) in [5, 5.41) is 0. The standard InChI is InChI=1S/C16H22BrN3O3/c1-11(21)19-5-7-20(8-6-19)14-10-12(9-13(17)18-14)15(22)23-16(2,3)4/h9-10H,5-8H2,1-4H3. The maximum absolute atomic E-state index is 12.2. The fourth-order valence-electron chi connectivity index (χ4n) is 2.35. The maximum Gasteiger partial charge on any atom is 0.338 e. The fraction of sp³-hybridized carbons (Fsp3) is 0.562. The average Bonchev–Trinajstić information content (AvgIpc) is 2.45. The lowest BCUT2D eigenvalue weighted by atomic mass is 10.2. The Bertz CT molecular complexity index is 605. The number of carbonyl (C=O) groups is 2. The highest BCUT2D eigenvalue weighted by molar-refractivity contribution is 9.10. The molecule has 0 bridgehead atoms. The summed E-state index contributed by atoms with van der Waals surface area (Å²) < 4.78 is 6.00. The van der Waals surface area contributed by atoms with E-state index in [-0.39, 0.29) is 11.9 Å². The summed E-state index contributed by atoms with van der Waals surface area (Å²) in [4.78, 5) is 32.0. The molecule has 0 radical (unpaired) electrons. The monoisotopic (exact) mass is 383 g/mol. The number of carbonyl (C=O) groups excluding carboxylic acids is 2. The van der Waals surface area contributed by atoms with Crippen molar-refractivity contribution in [3.05, 3.63) is 22.3 Å². The van der Waals surface area contributed by atoms with Crippen LogP contribution in [-0.2, 0) is 9.53 Å². The van der Waals surface area contributed by atoms with E-state index in [2.05, 4.69) is 25.8 Å². The predicted molar refractivity (Wildman–Crippen MR) is 91.6 cm³/mol. The molecule has 7 heteroatoms. The third-order valence-corrected chi connectivity index (χ3v) is 3.87. The zero-order valence-electron chi connectivity index (χ0n) is 13.9. The zero-order valence-corrected chi connectivity index (χ0v) is 15.5. The minimum absolute atomic E-state index is 0.0845. The second-order valence-electron chi connectivity index (χ2n) is 6.53. The van der Waals surface area contributed by atoms with Crippen molar-refractivity contribution in [1.82, 2.24) is 9.88 Å². The number of amides is 1. The Kier molecular flexibility index (Phi) is 5.29. The SMILES string of the molecule is CC(=O)N1CCN(c2cc(C(=O)OC(C)(C)C)cc(Br)n2)CC1. The summed E-state index contributed by atoms with van der Waals surface area (Å²) in [7, 11) is 0. The molecule has 0 unspecified atom stereocenters. The molecular weight excluding hydrogens is 362 g/mol. The quantitative estimate of drug-likeness (QED) is 0.579. The number of nitrogens with zero attached hydrogens (tertiary/aromatic N) is 3. The Morgan fingerprint density at radius 3 is 2.30 bits per heavy atom. The van der Waals surface area contributed by atoms with Crippen molar-refractivity contribution in [2.24, 2.45) is 0 Å². The van der Waals surface area contributed by atoms with Gasteiger partial charge in [0.2, 0.25) is 5.91 Å². The van der Waals surface area contributed by atoms with E-state index in [0.717, 1.165) is 0 Å². The van der Waals surface area contributed by atoms with E-state index in [9.17, 15) is 9.59 Å². The number of hydrogen-bond donors (Lipinski definition) is 0. The highest BCUT2D eigenvalue weighted by Gasteiger charge is 2.23. The van der Waals surface area contributed by atoms with Crippen LogP contribution in [0, 0.1) is 0 Å². The fourth-order valence-corrected chi connectivity index (χ4v) is 2.78. The predicted octanol–water partition coefficient (Wildman–Crippen LogP) is 2.47. The lowest BCUT2D eigenvalue weighted by molar-refractivity contribution is -0.129. The van der Waals surface area contributed by atoms with Crippen LogP contribution in [0.15, 0.2) is 16.7 Å². The molecule has 1 aromatic heterocycles. The van der Waals surface area contributed by atoms with Gasteiger partial charge in [-0.15, -0.1) is 0 Å². The molecule has 1 fully saturated rings. The molecule has 1 amide bonds. The van der Waals surface area contributed by atoms with Crippen molar-refractivity contribution in [2.75, 3.05) is 31.1 Å². The molecule has 0 saturated carbocycles. The third-order valence-electron chi connectivity index (χ3n) is 3.46. The summed E-state index contributed by atoms with van der Waals surface area (Å²) in [5.74, 6) is 0.425. The van der Waals surface area contributed by atoms with E-state index in [4.69, 9.17) is 4.74 Å². The van der Waals surface area contributed by atoms with E-state index < -0.39 is 5.60 Å². The van der Waals surface area contributed by atoms with Gasteiger partial charge in [0.25, 0.3) is 0 Å². The number of ether oxygens (including phenoxy) is 1. The highest BCUT2D eigenvalue weighted by Crippen LogP contribution is 2.22. The van der Waals surface area contributed by atoms with Crippen molar-refractivity contribution in [1.29, 1.82) is 0 Å². The van der Waals surface area contributed by atoms with Crippen molar-refractivity contribution in [3.8, 4) is 0 Å². The van der Waals surface area contributed by atoms with Crippen LogP contribution >= 0.6 is 15.9 Å². The van der Waals surface area contributed by atoms with Gasteiger partial charge in [0.15, 0.2) is 0 Å². The Labute approximate surface area is 144 Å². The molecule has 0 N–H and O–H groups in total. The van der Waals surface area contributed by atoms with Gasteiger partial charge in [0, 0.05) is 33.1 Å². The zero-order chi connectivity index (χ0) is 17.2. The molecule has 1 aliphatic heterocycles. The maximum atomic E-state index is 12.2. The first-order chi connectivity index (χ1) is 10.7. The van der Waals surface area contributed by atoms with Gasteiger partial charge >= 0.3 is 5.97 Å². The number of halogens is 1. The van der Waals surface area contributed by atoms with E-state index in [1.54, 1.807) is 19.1 Å². The number of esters is 1. The molecule has 6 nitrogen and oxygen atoms in total. The van der Waals surface area contributed by atoms with Gasteiger partial charge in [-0.2, -0.15) is 0 Å². The molecule has 23 heavy (non-hydrogen) atoms. The number of aromatic nitrogens is 1. The van der Waals surface area contributed by atoms with Gasteiger partial charge < -0.3 is 14.5 Å². The molecular formula is C16H22BrN3O3. The lowest BCUT2D eigenvalue weighted by Crippen LogP contribution is -2.48. The van der Waals surface area contributed by atoms with Gasteiger partial charge in [-0.1, -0.05) is 0 Å². The van der Waals surface area contributed by atoms with Gasteiger partial charge in [0.05, 0.1) is 5.56 Å². The van der Waals surface area contributed by atoms with Crippen LogP contribution in [0.2, 0.25) is 0 Å². The van der Waals surface area contributed by atoms with Gasteiger partial charge in [-0.25, -0.2) is 9.78 Å². The second kappa shape index (κ2) is 6.86.